The number of amides is 2. The molecule has 1 aromatic carbocycles. The SMILES string of the molecule is COc1ccc(N)c(NC(=O)[C@@H]2CCC(=O)N2)c1.Cl. The van der Waals surface area contributed by atoms with Gasteiger partial charge in [0, 0.05) is 12.5 Å². The lowest BCUT2D eigenvalue weighted by molar-refractivity contribution is -0.122. The first-order valence-corrected chi connectivity index (χ1v) is 5.64. The van der Waals surface area contributed by atoms with Crippen molar-refractivity contribution in [3.63, 3.8) is 0 Å². The van der Waals surface area contributed by atoms with Gasteiger partial charge in [0.1, 0.15) is 11.8 Å². The molecule has 6 nitrogen and oxygen atoms in total. The van der Waals surface area contributed by atoms with Crippen LogP contribution in [0.3, 0.4) is 0 Å². The first-order valence-electron chi connectivity index (χ1n) is 5.64. The fourth-order valence-electron chi connectivity index (χ4n) is 1.80. The minimum atomic E-state index is -0.483. The lowest BCUT2D eigenvalue weighted by Crippen LogP contribution is -2.37. The van der Waals surface area contributed by atoms with Gasteiger partial charge in [0.05, 0.1) is 18.5 Å². The largest absolute Gasteiger partial charge is 0.497 e. The van der Waals surface area contributed by atoms with Crippen LogP contribution in [0.5, 0.6) is 5.75 Å². The lowest BCUT2D eigenvalue weighted by Gasteiger charge is -2.13. The van der Waals surface area contributed by atoms with E-state index < -0.39 is 6.04 Å². The van der Waals surface area contributed by atoms with Crippen LogP contribution in [-0.4, -0.2) is 25.0 Å². The van der Waals surface area contributed by atoms with Crippen LogP contribution in [0.25, 0.3) is 0 Å². The van der Waals surface area contributed by atoms with Gasteiger partial charge in [-0.2, -0.15) is 0 Å². The Kier molecular flexibility index (Phi) is 5.00. The number of carbonyl (C=O) groups excluding carboxylic acids is 2. The van der Waals surface area contributed by atoms with Crippen LogP contribution in [0, 0.1) is 0 Å². The molecule has 1 saturated heterocycles. The van der Waals surface area contributed by atoms with Crippen LogP contribution >= 0.6 is 12.4 Å². The molecule has 0 spiro atoms. The highest BCUT2D eigenvalue weighted by Gasteiger charge is 2.27. The van der Waals surface area contributed by atoms with E-state index in [9.17, 15) is 9.59 Å². The highest BCUT2D eigenvalue weighted by molar-refractivity contribution is 6.00. The molecule has 0 bridgehead atoms. The van der Waals surface area contributed by atoms with Crippen LogP contribution in [0.2, 0.25) is 0 Å². The summed E-state index contributed by atoms with van der Waals surface area (Å²) in [6.07, 6.45) is 0.889. The van der Waals surface area contributed by atoms with E-state index in [1.54, 1.807) is 18.2 Å². The molecule has 1 aromatic rings. The molecule has 1 aliphatic heterocycles. The Labute approximate surface area is 117 Å². The van der Waals surface area contributed by atoms with Gasteiger partial charge in [0.25, 0.3) is 0 Å². The minimum Gasteiger partial charge on any atom is -0.497 e. The Morgan fingerprint density at radius 2 is 2.26 bits per heavy atom. The zero-order chi connectivity index (χ0) is 13.1. The molecule has 4 N–H and O–H groups in total. The average Bonchev–Trinajstić information content (AvgIpc) is 2.79. The van der Waals surface area contributed by atoms with Crippen molar-refractivity contribution in [3.05, 3.63) is 18.2 Å². The number of ether oxygens (including phenoxy) is 1. The van der Waals surface area contributed by atoms with E-state index in [-0.39, 0.29) is 24.2 Å². The molecule has 0 aromatic heterocycles. The number of hydrogen-bond acceptors (Lipinski definition) is 4. The molecule has 7 heteroatoms. The molecule has 2 amide bonds. The van der Waals surface area contributed by atoms with Gasteiger partial charge >= 0.3 is 0 Å². The molecule has 2 rings (SSSR count). The van der Waals surface area contributed by atoms with E-state index in [4.69, 9.17) is 10.5 Å². The summed E-state index contributed by atoms with van der Waals surface area (Å²) in [7, 11) is 1.54. The standard InChI is InChI=1S/C12H15N3O3.ClH/c1-18-7-2-3-8(13)10(6-7)15-12(17)9-4-5-11(16)14-9;/h2-3,6,9H,4-5,13H2,1H3,(H,14,16)(H,15,17);1H/t9-;/m0./s1. The molecule has 1 atom stereocenters. The van der Waals surface area contributed by atoms with Crippen molar-refractivity contribution >= 4 is 35.6 Å². The molecule has 1 fully saturated rings. The number of hydrogen-bond donors (Lipinski definition) is 3. The van der Waals surface area contributed by atoms with Gasteiger partial charge in [-0.3, -0.25) is 9.59 Å². The highest BCUT2D eigenvalue weighted by atomic mass is 35.5. The van der Waals surface area contributed by atoms with Crippen LogP contribution in [0.1, 0.15) is 12.8 Å². The van der Waals surface area contributed by atoms with Gasteiger partial charge in [-0.25, -0.2) is 0 Å². The molecule has 1 aliphatic rings. The minimum absolute atomic E-state index is 0. The van der Waals surface area contributed by atoms with E-state index in [1.807, 2.05) is 0 Å². The maximum atomic E-state index is 11.9. The molecular weight excluding hydrogens is 270 g/mol. The molecule has 19 heavy (non-hydrogen) atoms. The van der Waals surface area contributed by atoms with Crippen molar-refractivity contribution in [2.24, 2.45) is 0 Å². The molecule has 0 radical (unpaired) electrons. The van der Waals surface area contributed by atoms with E-state index >= 15 is 0 Å². The van der Waals surface area contributed by atoms with Gasteiger partial charge in [-0.1, -0.05) is 0 Å². The number of anilines is 2. The van der Waals surface area contributed by atoms with Gasteiger partial charge in [-0.05, 0) is 18.6 Å². The number of benzene rings is 1. The highest BCUT2D eigenvalue weighted by Crippen LogP contribution is 2.24. The molecule has 1 heterocycles. The quantitative estimate of drug-likeness (QED) is 0.720. The van der Waals surface area contributed by atoms with Crippen molar-refractivity contribution in [1.29, 1.82) is 0 Å². The molecule has 0 aliphatic carbocycles. The number of methoxy groups -OCH3 is 1. The maximum absolute atomic E-state index is 11.9. The zero-order valence-electron chi connectivity index (χ0n) is 10.4. The van der Waals surface area contributed by atoms with E-state index in [0.717, 1.165) is 0 Å². The third kappa shape index (κ3) is 3.51. The van der Waals surface area contributed by atoms with Gasteiger partial charge < -0.3 is 21.1 Å². The number of halogens is 1. The predicted molar refractivity (Wildman–Crippen MR) is 74.4 cm³/mol. The molecule has 0 unspecified atom stereocenters. The normalized spacial score (nSPS) is 17.3. The fourth-order valence-corrected chi connectivity index (χ4v) is 1.80. The smallest absolute Gasteiger partial charge is 0.247 e. The number of carbonyl (C=O) groups is 2. The second kappa shape index (κ2) is 6.29. The zero-order valence-corrected chi connectivity index (χ0v) is 11.3. The van der Waals surface area contributed by atoms with Crippen molar-refractivity contribution < 1.29 is 14.3 Å². The Morgan fingerprint density at radius 3 is 2.84 bits per heavy atom. The summed E-state index contributed by atoms with van der Waals surface area (Å²) >= 11 is 0. The van der Waals surface area contributed by atoms with Crippen molar-refractivity contribution in [3.8, 4) is 5.75 Å². The van der Waals surface area contributed by atoms with Crippen LogP contribution < -0.4 is 21.1 Å². The third-order valence-electron chi connectivity index (χ3n) is 2.83. The Morgan fingerprint density at radius 1 is 1.53 bits per heavy atom. The summed E-state index contributed by atoms with van der Waals surface area (Å²) in [6, 6.07) is 4.52. The first kappa shape index (κ1) is 15.1. The summed E-state index contributed by atoms with van der Waals surface area (Å²) in [5, 5.41) is 5.29. The summed E-state index contributed by atoms with van der Waals surface area (Å²) in [5.74, 6) is 0.240. The Bertz CT molecular complexity index is 493. The van der Waals surface area contributed by atoms with Gasteiger partial charge in [0.15, 0.2) is 0 Å². The van der Waals surface area contributed by atoms with Gasteiger partial charge in [0.2, 0.25) is 11.8 Å². The lowest BCUT2D eigenvalue weighted by atomic mass is 10.2. The fraction of sp³-hybridized carbons (Fsp3) is 0.333. The predicted octanol–water partition coefficient (Wildman–Crippen LogP) is 0.916. The molecule has 0 saturated carbocycles. The third-order valence-corrected chi connectivity index (χ3v) is 2.83. The van der Waals surface area contributed by atoms with Crippen LogP contribution in [0.15, 0.2) is 18.2 Å². The second-order valence-electron chi connectivity index (χ2n) is 4.10. The monoisotopic (exact) mass is 285 g/mol. The topological polar surface area (TPSA) is 93.4 Å². The summed E-state index contributed by atoms with van der Waals surface area (Å²) in [4.78, 5) is 22.9. The number of nitrogens with one attached hydrogen (secondary N) is 2. The van der Waals surface area contributed by atoms with E-state index in [2.05, 4.69) is 10.6 Å². The van der Waals surface area contributed by atoms with E-state index in [1.165, 1.54) is 7.11 Å². The van der Waals surface area contributed by atoms with Crippen LogP contribution in [0.4, 0.5) is 11.4 Å². The van der Waals surface area contributed by atoms with E-state index in [0.29, 0.717) is 30.0 Å². The van der Waals surface area contributed by atoms with Crippen molar-refractivity contribution in [2.75, 3.05) is 18.2 Å². The van der Waals surface area contributed by atoms with Crippen molar-refractivity contribution in [1.82, 2.24) is 5.32 Å². The molecular formula is C12H16ClN3O3. The summed E-state index contributed by atoms with van der Waals surface area (Å²) in [5.41, 5.74) is 6.70. The van der Waals surface area contributed by atoms with Gasteiger partial charge in [-0.15, -0.1) is 12.4 Å². The Balaban J connectivity index is 0.00000180. The summed E-state index contributed by atoms with van der Waals surface area (Å²) in [6.45, 7) is 0. The first-order chi connectivity index (χ1) is 8.60. The number of nitrogen functional groups attached to an aromatic ring is 1. The molecule has 104 valence electrons. The van der Waals surface area contributed by atoms with Crippen molar-refractivity contribution in [2.45, 2.75) is 18.9 Å². The number of nitrogens with two attached hydrogens (primary N) is 1. The Hall–Kier alpha value is -1.95. The average molecular weight is 286 g/mol. The summed E-state index contributed by atoms with van der Waals surface area (Å²) < 4.78 is 5.06. The number of rotatable bonds is 3. The second-order valence-corrected chi connectivity index (χ2v) is 4.10. The van der Waals surface area contributed by atoms with Crippen LogP contribution in [-0.2, 0) is 9.59 Å². The maximum Gasteiger partial charge on any atom is 0.247 e.